The van der Waals surface area contributed by atoms with Crippen LogP contribution in [0.5, 0.6) is 0 Å². The molecule has 0 spiro atoms. The van der Waals surface area contributed by atoms with Gasteiger partial charge >= 0.3 is 6.09 Å². The number of rotatable bonds is 3. The Morgan fingerprint density at radius 1 is 1.20 bits per heavy atom. The second-order valence-corrected chi connectivity index (χ2v) is 8.21. The smallest absolute Gasteiger partial charge is 0.410 e. The van der Waals surface area contributed by atoms with E-state index in [1.165, 1.54) is 0 Å². The van der Waals surface area contributed by atoms with Gasteiger partial charge < -0.3 is 19.1 Å². The zero-order valence-corrected chi connectivity index (χ0v) is 16.7. The minimum absolute atomic E-state index is 0.368. The Morgan fingerprint density at radius 3 is 2.63 bits per heavy atom. The summed E-state index contributed by atoms with van der Waals surface area (Å²) < 4.78 is 33.0. The molecule has 0 radical (unpaired) electrons. The lowest BCUT2D eigenvalue weighted by Crippen LogP contribution is -2.51. The van der Waals surface area contributed by atoms with E-state index < -0.39 is 18.1 Å². The average Bonchev–Trinajstić information content (AvgIpc) is 3.32. The number of hydrogen-bond donors (Lipinski definition) is 0. The van der Waals surface area contributed by atoms with Crippen molar-refractivity contribution >= 4 is 23.4 Å². The van der Waals surface area contributed by atoms with Crippen LogP contribution in [0.2, 0.25) is 0 Å². The Hall–Kier alpha value is -2.97. The molecular formula is C21H23F2N5O2. The summed E-state index contributed by atoms with van der Waals surface area (Å²) in [6, 6.07) is 2.00. The molecule has 1 aliphatic heterocycles. The summed E-state index contributed by atoms with van der Waals surface area (Å²) in [5, 5.41) is 0. The lowest BCUT2D eigenvalue weighted by Gasteiger charge is -2.39. The van der Waals surface area contributed by atoms with E-state index in [4.69, 9.17) is 4.74 Å². The normalized spacial score (nSPS) is 20.6. The molecule has 2 aromatic heterocycles. The van der Waals surface area contributed by atoms with Gasteiger partial charge in [-0.2, -0.15) is 0 Å². The number of ether oxygens (including phenoxy) is 1. The van der Waals surface area contributed by atoms with E-state index >= 15 is 0 Å². The quantitative estimate of drug-likeness (QED) is 0.771. The van der Waals surface area contributed by atoms with Crippen molar-refractivity contribution in [3.63, 3.8) is 0 Å². The standard InChI is InChI=1S/C21H23F2N5O2/c1-26-12-18(25-13-26)14-8-16-17(9-14)24-3-2-19(16)27-4-6-28(7-5-27)20(29)30-15-10-21(22,23)11-15/h2-3,8,12-13,15H,4-7,9-11H2,1H3. The van der Waals surface area contributed by atoms with Crippen LogP contribution in [-0.2, 0) is 18.2 Å². The second-order valence-electron chi connectivity index (χ2n) is 8.21. The van der Waals surface area contributed by atoms with Crippen molar-refractivity contribution in [1.29, 1.82) is 0 Å². The molecule has 3 heterocycles. The van der Waals surface area contributed by atoms with Crippen LogP contribution < -0.4 is 4.90 Å². The number of imidazole rings is 1. The minimum atomic E-state index is -2.69. The maximum absolute atomic E-state index is 12.9. The van der Waals surface area contributed by atoms with Gasteiger partial charge in [0, 0.05) is 76.1 Å². The number of carbonyl (C=O) groups is 1. The Bertz CT molecular complexity index is 1000. The largest absolute Gasteiger partial charge is 0.446 e. The third-order valence-electron chi connectivity index (χ3n) is 5.96. The molecule has 2 aromatic rings. The fraction of sp³-hybridized carbons (Fsp3) is 0.476. The summed E-state index contributed by atoms with van der Waals surface area (Å²) in [5.41, 5.74) is 5.32. The van der Waals surface area contributed by atoms with Crippen LogP contribution in [0.3, 0.4) is 0 Å². The molecule has 2 aliphatic carbocycles. The molecule has 0 aromatic carbocycles. The third-order valence-corrected chi connectivity index (χ3v) is 5.96. The van der Waals surface area contributed by atoms with Gasteiger partial charge in [-0.15, -0.1) is 0 Å². The van der Waals surface area contributed by atoms with Gasteiger partial charge in [-0.25, -0.2) is 18.6 Å². The molecule has 1 saturated carbocycles. The number of aryl methyl sites for hydroxylation is 1. The summed E-state index contributed by atoms with van der Waals surface area (Å²) in [4.78, 5) is 25.1. The highest BCUT2D eigenvalue weighted by molar-refractivity contribution is 5.91. The maximum atomic E-state index is 12.9. The molecule has 1 saturated heterocycles. The van der Waals surface area contributed by atoms with Crippen LogP contribution in [0.1, 0.15) is 29.8 Å². The van der Waals surface area contributed by atoms with Gasteiger partial charge in [-0.3, -0.25) is 4.98 Å². The fourth-order valence-electron chi connectivity index (χ4n) is 4.26. The SMILES string of the molecule is Cn1cnc(C2=Cc3c(N4CCN(C(=O)OC5CC(F)(F)C5)CC4)ccnc3C2)c1. The highest BCUT2D eigenvalue weighted by Crippen LogP contribution is 2.40. The number of halogens is 2. The van der Waals surface area contributed by atoms with Crippen molar-refractivity contribution in [2.75, 3.05) is 31.1 Å². The monoisotopic (exact) mass is 415 g/mol. The van der Waals surface area contributed by atoms with Gasteiger partial charge in [-0.05, 0) is 17.7 Å². The van der Waals surface area contributed by atoms with Crippen LogP contribution in [0.4, 0.5) is 19.3 Å². The van der Waals surface area contributed by atoms with E-state index in [1.807, 2.05) is 30.1 Å². The van der Waals surface area contributed by atoms with E-state index in [2.05, 4.69) is 20.9 Å². The Morgan fingerprint density at radius 2 is 1.97 bits per heavy atom. The number of fused-ring (bicyclic) bond motifs is 1. The van der Waals surface area contributed by atoms with E-state index in [0.29, 0.717) is 26.2 Å². The molecule has 1 amide bonds. The molecule has 0 N–H and O–H groups in total. The van der Waals surface area contributed by atoms with Crippen LogP contribution in [0, 0.1) is 0 Å². The van der Waals surface area contributed by atoms with Crippen molar-refractivity contribution in [2.45, 2.75) is 31.3 Å². The van der Waals surface area contributed by atoms with Crippen LogP contribution in [0.15, 0.2) is 24.8 Å². The first-order valence-corrected chi connectivity index (χ1v) is 10.1. The Kier molecular flexibility index (Phi) is 4.48. The Labute approximate surface area is 173 Å². The third kappa shape index (κ3) is 3.53. The number of alkyl halides is 2. The van der Waals surface area contributed by atoms with Crippen LogP contribution in [0.25, 0.3) is 11.6 Å². The van der Waals surface area contributed by atoms with Gasteiger partial charge in [0.2, 0.25) is 0 Å². The molecular weight excluding hydrogens is 392 g/mol. The maximum Gasteiger partial charge on any atom is 0.410 e. The molecule has 158 valence electrons. The first-order valence-electron chi connectivity index (χ1n) is 10.1. The predicted molar refractivity (Wildman–Crippen MR) is 107 cm³/mol. The van der Waals surface area contributed by atoms with Gasteiger partial charge in [0.1, 0.15) is 6.10 Å². The van der Waals surface area contributed by atoms with Crippen molar-refractivity contribution in [3.8, 4) is 0 Å². The second kappa shape index (κ2) is 7.07. The van der Waals surface area contributed by atoms with E-state index in [0.717, 1.165) is 34.6 Å². The summed E-state index contributed by atoms with van der Waals surface area (Å²) in [6.45, 7) is 2.30. The van der Waals surface area contributed by atoms with Gasteiger partial charge in [0.05, 0.1) is 17.7 Å². The molecule has 30 heavy (non-hydrogen) atoms. The first-order chi connectivity index (χ1) is 14.4. The number of nitrogens with zero attached hydrogens (tertiary/aromatic N) is 5. The zero-order valence-electron chi connectivity index (χ0n) is 16.7. The van der Waals surface area contributed by atoms with Gasteiger partial charge in [0.15, 0.2) is 0 Å². The lowest BCUT2D eigenvalue weighted by atomic mass is 9.91. The number of carbonyl (C=O) groups excluding carboxylic acids is 1. The molecule has 7 nitrogen and oxygen atoms in total. The van der Waals surface area contributed by atoms with Gasteiger partial charge in [-0.1, -0.05) is 0 Å². The van der Waals surface area contributed by atoms with Crippen molar-refractivity contribution in [3.05, 3.63) is 41.7 Å². The van der Waals surface area contributed by atoms with Crippen molar-refractivity contribution in [2.24, 2.45) is 7.05 Å². The summed E-state index contributed by atoms with van der Waals surface area (Å²) in [6.07, 6.45) is 6.61. The topological polar surface area (TPSA) is 63.5 Å². The molecule has 9 heteroatoms. The summed E-state index contributed by atoms with van der Waals surface area (Å²) >= 11 is 0. The molecule has 0 unspecified atom stereocenters. The predicted octanol–water partition coefficient (Wildman–Crippen LogP) is 2.97. The first kappa shape index (κ1) is 19.0. The van der Waals surface area contributed by atoms with Crippen molar-refractivity contribution < 1.29 is 18.3 Å². The number of piperazine rings is 1. The number of pyridine rings is 1. The number of aromatic nitrogens is 3. The average molecular weight is 415 g/mol. The fourth-order valence-corrected chi connectivity index (χ4v) is 4.26. The summed E-state index contributed by atoms with van der Waals surface area (Å²) in [7, 11) is 1.95. The number of hydrogen-bond acceptors (Lipinski definition) is 5. The molecule has 0 bridgehead atoms. The number of anilines is 1. The minimum Gasteiger partial charge on any atom is -0.446 e. The van der Waals surface area contributed by atoms with E-state index in [9.17, 15) is 13.6 Å². The zero-order chi connectivity index (χ0) is 20.9. The van der Waals surface area contributed by atoms with Gasteiger partial charge in [0.25, 0.3) is 5.92 Å². The number of amides is 1. The Balaban J connectivity index is 1.24. The molecule has 5 rings (SSSR count). The number of allylic oxidation sites excluding steroid dienone is 1. The van der Waals surface area contributed by atoms with E-state index in [1.54, 1.807) is 11.2 Å². The van der Waals surface area contributed by atoms with E-state index in [-0.39, 0.29) is 12.8 Å². The molecule has 2 fully saturated rings. The molecule has 3 aliphatic rings. The van der Waals surface area contributed by atoms with Crippen molar-refractivity contribution in [1.82, 2.24) is 19.4 Å². The molecule has 0 atom stereocenters. The summed E-state index contributed by atoms with van der Waals surface area (Å²) in [5.74, 6) is -2.69. The highest BCUT2D eigenvalue weighted by atomic mass is 19.3. The van der Waals surface area contributed by atoms with Crippen LogP contribution >= 0.6 is 0 Å². The highest BCUT2D eigenvalue weighted by Gasteiger charge is 2.48. The van der Waals surface area contributed by atoms with Crippen LogP contribution in [-0.4, -0.2) is 63.7 Å². The lowest BCUT2D eigenvalue weighted by molar-refractivity contribution is -0.147.